The number of sulfonamides is 1. The van der Waals surface area contributed by atoms with Gasteiger partial charge in [0.15, 0.2) is 17.5 Å². The van der Waals surface area contributed by atoms with E-state index in [0.29, 0.717) is 17.4 Å². The number of aryl methyl sites for hydroxylation is 2. The zero-order valence-electron chi connectivity index (χ0n) is 13.7. The molecule has 25 heavy (non-hydrogen) atoms. The average Bonchev–Trinajstić information content (AvgIpc) is 3.01. The van der Waals surface area contributed by atoms with Crippen LogP contribution < -0.4 is 10.0 Å². The molecule has 0 amide bonds. The third-order valence-electron chi connectivity index (χ3n) is 3.43. The van der Waals surface area contributed by atoms with Gasteiger partial charge in [-0.15, -0.1) is 10.2 Å². The highest BCUT2D eigenvalue weighted by molar-refractivity contribution is 7.92. The fourth-order valence-electron chi connectivity index (χ4n) is 2.11. The molecule has 0 saturated heterocycles. The van der Waals surface area contributed by atoms with Crippen LogP contribution in [0.3, 0.4) is 0 Å². The van der Waals surface area contributed by atoms with Gasteiger partial charge in [-0.3, -0.25) is 4.72 Å². The van der Waals surface area contributed by atoms with E-state index in [0.717, 1.165) is 12.0 Å². The molecule has 2 heterocycles. The average molecular weight is 359 g/mol. The Morgan fingerprint density at radius 2 is 1.68 bits per heavy atom. The molecule has 0 atom stereocenters. The van der Waals surface area contributed by atoms with Crippen molar-refractivity contribution in [1.82, 2.24) is 15.4 Å². The number of hydrogen-bond acceptors (Lipinski definition) is 7. The van der Waals surface area contributed by atoms with Gasteiger partial charge in [0.05, 0.1) is 4.90 Å². The molecule has 0 fully saturated rings. The first-order valence-electron chi connectivity index (χ1n) is 7.62. The molecule has 9 heteroatoms. The van der Waals surface area contributed by atoms with Crippen molar-refractivity contribution < 1.29 is 12.9 Å². The van der Waals surface area contributed by atoms with Gasteiger partial charge in [-0.25, -0.2) is 8.42 Å². The lowest BCUT2D eigenvalue weighted by Crippen LogP contribution is -2.14. The number of nitrogens with zero attached hydrogens (tertiary/aromatic N) is 3. The third-order valence-corrected chi connectivity index (χ3v) is 4.80. The van der Waals surface area contributed by atoms with Crippen LogP contribution in [0.2, 0.25) is 0 Å². The van der Waals surface area contributed by atoms with Gasteiger partial charge < -0.3 is 9.84 Å². The number of rotatable bonds is 6. The molecule has 0 aliphatic heterocycles. The van der Waals surface area contributed by atoms with Crippen LogP contribution in [-0.4, -0.2) is 23.8 Å². The number of hydrogen-bond donors (Lipinski definition) is 2. The minimum atomic E-state index is -3.71. The van der Waals surface area contributed by atoms with Crippen LogP contribution in [0, 0.1) is 6.92 Å². The fourth-order valence-corrected chi connectivity index (χ4v) is 3.11. The van der Waals surface area contributed by atoms with Crippen LogP contribution in [0.5, 0.6) is 0 Å². The van der Waals surface area contributed by atoms with E-state index in [2.05, 4.69) is 25.4 Å². The maximum absolute atomic E-state index is 12.4. The first kappa shape index (κ1) is 16.9. The van der Waals surface area contributed by atoms with Gasteiger partial charge in [0.1, 0.15) is 5.76 Å². The van der Waals surface area contributed by atoms with Crippen LogP contribution in [-0.2, 0) is 16.4 Å². The molecule has 0 aliphatic carbocycles. The second-order valence-electron chi connectivity index (χ2n) is 5.35. The van der Waals surface area contributed by atoms with Crippen LogP contribution in [0.1, 0.15) is 18.2 Å². The van der Waals surface area contributed by atoms with Crippen LogP contribution >= 0.6 is 0 Å². The lowest BCUT2D eigenvalue weighted by atomic mass is 10.2. The molecule has 2 N–H and O–H groups in total. The summed E-state index contributed by atoms with van der Waals surface area (Å²) < 4.78 is 32.1. The van der Waals surface area contributed by atoms with E-state index in [-0.39, 0.29) is 10.7 Å². The summed E-state index contributed by atoms with van der Waals surface area (Å²) in [6, 6.07) is 11.5. The summed E-state index contributed by atoms with van der Waals surface area (Å²) in [7, 11) is -3.71. The minimum Gasteiger partial charge on any atom is -0.360 e. The van der Waals surface area contributed by atoms with Crippen molar-refractivity contribution in [2.24, 2.45) is 0 Å². The number of aromatic nitrogens is 3. The first-order valence-corrected chi connectivity index (χ1v) is 9.10. The SMILES string of the molecule is CCc1ccc(S(=O)(=O)Nc2ccc(Nc3cc(C)on3)nn2)cc1. The highest BCUT2D eigenvalue weighted by Crippen LogP contribution is 2.17. The zero-order valence-corrected chi connectivity index (χ0v) is 14.5. The van der Waals surface area contributed by atoms with E-state index in [4.69, 9.17) is 4.52 Å². The third kappa shape index (κ3) is 4.13. The number of benzene rings is 1. The lowest BCUT2D eigenvalue weighted by molar-refractivity contribution is 0.400. The smallest absolute Gasteiger partial charge is 0.263 e. The standard InChI is InChI=1S/C16H17N5O3S/c1-3-12-4-6-13(7-5-12)25(22,23)21-15-9-8-14(18-19-15)17-16-10-11(2)24-20-16/h4-10H,3H2,1-2H3,(H,19,21)(H,17,18,20). The van der Waals surface area contributed by atoms with Crippen molar-refractivity contribution in [3.8, 4) is 0 Å². The Morgan fingerprint density at radius 1 is 1.00 bits per heavy atom. The monoisotopic (exact) mass is 359 g/mol. The van der Waals surface area contributed by atoms with Gasteiger partial charge in [0.25, 0.3) is 10.0 Å². The molecule has 0 spiro atoms. The maximum Gasteiger partial charge on any atom is 0.263 e. The molecule has 3 rings (SSSR count). The number of anilines is 3. The number of nitrogens with one attached hydrogen (secondary N) is 2. The van der Waals surface area contributed by atoms with Crippen molar-refractivity contribution in [1.29, 1.82) is 0 Å². The molecule has 130 valence electrons. The Balaban J connectivity index is 1.71. The quantitative estimate of drug-likeness (QED) is 0.696. The lowest BCUT2D eigenvalue weighted by Gasteiger charge is -2.08. The Labute approximate surface area is 145 Å². The summed E-state index contributed by atoms with van der Waals surface area (Å²) in [5.41, 5.74) is 1.07. The van der Waals surface area contributed by atoms with Crippen molar-refractivity contribution in [3.05, 3.63) is 53.8 Å². The van der Waals surface area contributed by atoms with Crippen LogP contribution in [0.15, 0.2) is 51.9 Å². The van der Waals surface area contributed by atoms with Gasteiger partial charge in [-0.05, 0) is 43.2 Å². The second kappa shape index (κ2) is 6.89. The Bertz CT molecular complexity index is 950. The molecule has 0 aliphatic rings. The molecule has 1 aromatic carbocycles. The van der Waals surface area contributed by atoms with Crippen molar-refractivity contribution >= 4 is 27.5 Å². The summed E-state index contributed by atoms with van der Waals surface area (Å²) in [5.74, 6) is 1.70. The van der Waals surface area contributed by atoms with E-state index >= 15 is 0 Å². The highest BCUT2D eigenvalue weighted by atomic mass is 32.2. The van der Waals surface area contributed by atoms with E-state index < -0.39 is 10.0 Å². The summed E-state index contributed by atoms with van der Waals surface area (Å²) in [4.78, 5) is 0.173. The van der Waals surface area contributed by atoms with Gasteiger partial charge in [0, 0.05) is 6.07 Å². The zero-order chi connectivity index (χ0) is 17.9. The summed E-state index contributed by atoms with van der Waals surface area (Å²) in [6.45, 7) is 3.78. The predicted octanol–water partition coefficient (Wildman–Crippen LogP) is 2.88. The van der Waals surface area contributed by atoms with Crippen molar-refractivity contribution in [2.45, 2.75) is 25.2 Å². The Kier molecular flexibility index (Phi) is 4.66. The highest BCUT2D eigenvalue weighted by Gasteiger charge is 2.15. The minimum absolute atomic E-state index is 0.126. The van der Waals surface area contributed by atoms with E-state index in [1.165, 1.54) is 6.07 Å². The second-order valence-corrected chi connectivity index (χ2v) is 7.04. The van der Waals surface area contributed by atoms with Gasteiger partial charge >= 0.3 is 0 Å². The molecule has 0 bridgehead atoms. The van der Waals surface area contributed by atoms with E-state index in [9.17, 15) is 8.42 Å². The summed E-state index contributed by atoms with van der Waals surface area (Å²) in [5, 5.41) is 14.5. The van der Waals surface area contributed by atoms with Crippen LogP contribution in [0.4, 0.5) is 17.5 Å². The summed E-state index contributed by atoms with van der Waals surface area (Å²) >= 11 is 0. The predicted molar refractivity (Wildman–Crippen MR) is 93.2 cm³/mol. The normalized spacial score (nSPS) is 11.3. The molecule has 2 aromatic heterocycles. The van der Waals surface area contributed by atoms with Crippen molar-refractivity contribution in [2.75, 3.05) is 10.0 Å². The van der Waals surface area contributed by atoms with Crippen molar-refractivity contribution in [3.63, 3.8) is 0 Å². The van der Waals surface area contributed by atoms with Gasteiger partial charge in [0.2, 0.25) is 0 Å². The molecular formula is C16H17N5O3S. The van der Waals surface area contributed by atoms with Crippen LogP contribution in [0.25, 0.3) is 0 Å². The topological polar surface area (TPSA) is 110 Å². The molecule has 8 nitrogen and oxygen atoms in total. The Morgan fingerprint density at radius 3 is 2.24 bits per heavy atom. The molecular weight excluding hydrogens is 342 g/mol. The molecule has 0 unspecified atom stereocenters. The van der Waals surface area contributed by atoms with E-state index in [1.807, 2.05) is 6.92 Å². The largest absolute Gasteiger partial charge is 0.360 e. The van der Waals surface area contributed by atoms with Gasteiger partial charge in [-0.1, -0.05) is 24.2 Å². The fraction of sp³-hybridized carbons (Fsp3) is 0.188. The molecule has 3 aromatic rings. The van der Waals surface area contributed by atoms with E-state index in [1.54, 1.807) is 43.3 Å². The molecule has 0 saturated carbocycles. The first-order chi connectivity index (χ1) is 12.0. The molecule has 0 radical (unpaired) electrons. The Hall–Kier alpha value is -2.94. The van der Waals surface area contributed by atoms with Gasteiger partial charge in [-0.2, -0.15) is 0 Å². The summed E-state index contributed by atoms with van der Waals surface area (Å²) in [6.07, 6.45) is 0.846. The maximum atomic E-state index is 12.4.